The van der Waals surface area contributed by atoms with Gasteiger partial charge in [-0.15, -0.1) is 21.5 Å². The van der Waals surface area contributed by atoms with Gasteiger partial charge in [-0.3, -0.25) is 0 Å². The highest BCUT2D eigenvalue weighted by Gasteiger charge is 2.10. The predicted molar refractivity (Wildman–Crippen MR) is 81.3 cm³/mol. The summed E-state index contributed by atoms with van der Waals surface area (Å²) in [7, 11) is 0. The maximum absolute atomic E-state index is 13.1. The van der Waals surface area contributed by atoms with Crippen LogP contribution in [-0.4, -0.2) is 10.2 Å². The first kappa shape index (κ1) is 13.8. The normalized spacial score (nSPS) is 10.9. The first-order chi connectivity index (χ1) is 9.72. The average Bonchev–Trinajstić information content (AvgIpc) is 3.09. The molecule has 2 heterocycles. The van der Waals surface area contributed by atoms with E-state index in [1.54, 1.807) is 23.5 Å². The molecule has 0 saturated carbocycles. The van der Waals surface area contributed by atoms with E-state index in [-0.39, 0.29) is 5.82 Å². The predicted octanol–water partition coefficient (Wildman–Crippen LogP) is 4.99. The van der Waals surface area contributed by atoms with Crippen molar-refractivity contribution in [2.24, 2.45) is 0 Å². The second-order valence-electron chi connectivity index (χ2n) is 3.89. The van der Waals surface area contributed by atoms with Crippen LogP contribution in [0.2, 0.25) is 0 Å². The summed E-state index contributed by atoms with van der Waals surface area (Å²) in [6.45, 7) is 0. The molecule has 0 spiro atoms. The van der Waals surface area contributed by atoms with Gasteiger partial charge in [0.05, 0.1) is 9.35 Å². The summed E-state index contributed by atoms with van der Waals surface area (Å²) >= 11 is 6.15. The molecule has 0 radical (unpaired) electrons. The SMILES string of the molecule is Fc1ccc(CSc2nnc(-c3cccs3)o2)cc1Br. The van der Waals surface area contributed by atoms with Crippen LogP contribution in [0.25, 0.3) is 10.8 Å². The largest absolute Gasteiger partial charge is 0.410 e. The minimum atomic E-state index is -0.267. The molecule has 7 heteroatoms. The summed E-state index contributed by atoms with van der Waals surface area (Å²) in [6, 6.07) is 8.80. The lowest BCUT2D eigenvalue weighted by molar-refractivity contribution is 0.466. The maximum atomic E-state index is 13.1. The van der Waals surface area contributed by atoms with Crippen molar-refractivity contribution in [3.63, 3.8) is 0 Å². The summed E-state index contributed by atoms with van der Waals surface area (Å²) in [5.74, 6) is 0.907. The Morgan fingerprint density at radius 2 is 2.20 bits per heavy atom. The molecule has 0 fully saturated rings. The maximum Gasteiger partial charge on any atom is 0.277 e. The summed E-state index contributed by atoms with van der Waals surface area (Å²) in [5.41, 5.74) is 0.985. The molecule has 0 aliphatic carbocycles. The van der Waals surface area contributed by atoms with Crippen molar-refractivity contribution in [3.8, 4) is 10.8 Å². The number of benzene rings is 1. The minimum Gasteiger partial charge on any atom is -0.410 e. The molecule has 1 aromatic carbocycles. The molecule has 0 aliphatic rings. The van der Waals surface area contributed by atoms with Crippen LogP contribution >= 0.6 is 39.0 Å². The van der Waals surface area contributed by atoms with Gasteiger partial charge in [0.15, 0.2) is 0 Å². The lowest BCUT2D eigenvalue weighted by Gasteiger charge is -2.00. The Bertz CT molecular complexity index is 715. The fraction of sp³-hybridized carbons (Fsp3) is 0.0769. The molecule has 2 aromatic heterocycles. The highest BCUT2D eigenvalue weighted by Crippen LogP contribution is 2.28. The number of aromatic nitrogens is 2. The zero-order chi connectivity index (χ0) is 13.9. The van der Waals surface area contributed by atoms with Crippen LogP contribution in [0.15, 0.2) is 49.8 Å². The van der Waals surface area contributed by atoms with Crippen molar-refractivity contribution in [1.29, 1.82) is 0 Å². The Morgan fingerprint density at radius 1 is 1.30 bits per heavy atom. The van der Waals surface area contributed by atoms with Crippen molar-refractivity contribution >= 4 is 39.0 Å². The van der Waals surface area contributed by atoms with Crippen molar-refractivity contribution in [3.05, 3.63) is 51.6 Å². The standard InChI is InChI=1S/C13H8BrFN2OS2/c14-9-6-8(3-4-10(9)15)7-20-13-17-16-12(18-13)11-2-1-5-19-11/h1-6H,7H2. The first-order valence-corrected chi connectivity index (χ1v) is 8.32. The Hall–Kier alpha value is -1.18. The van der Waals surface area contributed by atoms with E-state index in [4.69, 9.17) is 4.42 Å². The molecular formula is C13H8BrFN2OS2. The van der Waals surface area contributed by atoms with Gasteiger partial charge in [-0.05, 0) is 45.1 Å². The highest BCUT2D eigenvalue weighted by atomic mass is 79.9. The molecule has 3 nitrogen and oxygen atoms in total. The van der Waals surface area contributed by atoms with E-state index in [0.717, 1.165) is 10.4 Å². The Balaban J connectivity index is 1.68. The molecule has 0 unspecified atom stereocenters. The number of hydrogen-bond donors (Lipinski definition) is 0. The number of thioether (sulfide) groups is 1. The molecule has 0 saturated heterocycles. The van der Waals surface area contributed by atoms with E-state index >= 15 is 0 Å². The van der Waals surface area contributed by atoms with Gasteiger partial charge in [-0.1, -0.05) is 23.9 Å². The molecule has 20 heavy (non-hydrogen) atoms. The number of thiophene rings is 1. The summed E-state index contributed by atoms with van der Waals surface area (Å²) < 4.78 is 19.2. The second-order valence-corrected chi connectivity index (χ2v) is 6.62. The number of nitrogens with zero attached hydrogens (tertiary/aromatic N) is 2. The van der Waals surface area contributed by atoms with Crippen molar-refractivity contribution < 1.29 is 8.81 Å². The molecule has 0 aliphatic heterocycles. The summed E-state index contributed by atoms with van der Waals surface area (Å²) in [5, 5.41) is 10.5. The van der Waals surface area contributed by atoms with Gasteiger partial charge in [0, 0.05) is 5.75 Å². The average molecular weight is 371 g/mol. The Kier molecular flexibility index (Phi) is 4.18. The van der Waals surface area contributed by atoms with Crippen LogP contribution in [0.1, 0.15) is 5.56 Å². The second kappa shape index (κ2) is 6.07. The van der Waals surface area contributed by atoms with E-state index in [0.29, 0.717) is 21.3 Å². The third-order valence-electron chi connectivity index (χ3n) is 2.48. The molecule has 0 amide bonds. The number of rotatable bonds is 4. The van der Waals surface area contributed by atoms with Gasteiger partial charge in [0.1, 0.15) is 5.82 Å². The van der Waals surface area contributed by atoms with Gasteiger partial charge < -0.3 is 4.42 Å². The molecular weight excluding hydrogens is 363 g/mol. The molecule has 0 N–H and O–H groups in total. The van der Waals surface area contributed by atoms with E-state index in [1.807, 2.05) is 17.5 Å². The Morgan fingerprint density at radius 3 is 2.95 bits per heavy atom. The van der Waals surface area contributed by atoms with Crippen LogP contribution in [0.3, 0.4) is 0 Å². The zero-order valence-corrected chi connectivity index (χ0v) is 13.3. The topological polar surface area (TPSA) is 38.9 Å². The number of halogens is 2. The monoisotopic (exact) mass is 370 g/mol. The van der Waals surface area contributed by atoms with E-state index in [9.17, 15) is 4.39 Å². The van der Waals surface area contributed by atoms with Gasteiger partial charge in [-0.2, -0.15) is 0 Å². The third kappa shape index (κ3) is 3.11. The fourth-order valence-electron chi connectivity index (χ4n) is 1.54. The van der Waals surface area contributed by atoms with Crippen LogP contribution in [0, 0.1) is 5.82 Å². The zero-order valence-electron chi connectivity index (χ0n) is 10.0. The van der Waals surface area contributed by atoms with Crippen LogP contribution < -0.4 is 0 Å². The van der Waals surface area contributed by atoms with Gasteiger partial charge in [-0.25, -0.2) is 4.39 Å². The Labute approximate surface area is 131 Å². The van der Waals surface area contributed by atoms with E-state index < -0.39 is 0 Å². The fourth-order valence-corrected chi connectivity index (χ4v) is 3.32. The third-order valence-corrected chi connectivity index (χ3v) is 4.84. The van der Waals surface area contributed by atoms with Crippen molar-refractivity contribution in [1.82, 2.24) is 10.2 Å². The quantitative estimate of drug-likeness (QED) is 0.606. The van der Waals surface area contributed by atoms with Gasteiger partial charge in [0.25, 0.3) is 11.1 Å². The van der Waals surface area contributed by atoms with E-state index in [1.165, 1.54) is 17.8 Å². The van der Waals surface area contributed by atoms with Gasteiger partial charge >= 0.3 is 0 Å². The summed E-state index contributed by atoms with van der Waals surface area (Å²) in [4.78, 5) is 0.953. The first-order valence-electron chi connectivity index (χ1n) is 5.66. The molecule has 3 rings (SSSR count). The molecule has 0 bridgehead atoms. The van der Waals surface area contributed by atoms with Crippen LogP contribution in [0.4, 0.5) is 4.39 Å². The lowest BCUT2D eigenvalue weighted by Crippen LogP contribution is -1.84. The van der Waals surface area contributed by atoms with Crippen LogP contribution in [-0.2, 0) is 5.75 Å². The van der Waals surface area contributed by atoms with Gasteiger partial charge in [0.2, 0.25) is 0 Å². The van der Waals surface area contributed by atoms with E-state index in [2.05, 4.69) is 26.1 Å². The van der Waals surface area contributed by atoms with Crippen LogP contribution in [0.5, 0.6) is 0 Å². The minimum absolute atomic E-state index is 0.267. The molecule has 3 aromatic rings. The summed E-state index contributed by atoms with van der Waals surface area (Å²) in [6.07, 6.45) is 0. The van der Waals surface area contributed by atoms with Crippen molar-refractivity contribution in [2.45, 2.75) is 11.0 Å². The van der Waals surface area contributed by atoms with Crippen molar-refractivity contribution in [2.75, 3.05) is 0 Å². The molecule has 0 atom stereocenters. The molecule has 102 valence electrons. The number of hydrogen-bond acceptors (Lipinski definition) is 5. The lowest BCUT2D eigenvalue weighted by atomic mass is 10.2. The highest BCUT2D eigenvalue weighted by molar-refractivity contribution is 9.10. The smallest absolute Gasteiger partial charge is 0.277 e.